The Bertz CT molecular complexity index is 388. The Morgan fingerprint density at radius 2 is 2.31 bits per heavy atom. The molecular weight excluding hydrogens is 212 g/mol. The predicted molar refractivity (Wildman–Crippen MR) is 57.1 cm³/mol. The van der Waals surface area contributed by atoms with Crippen molar-refractivity contribution in [2.45, 2.75) is 19.4 Å². The number of hydrogen-bond acceptors (Lipinski definition) is 3. The van der Waals surface area contributed by atoms with E-state index in [4.69, 9.17) is 5.11 Å². The quantitative estimate of drug-likeness (QED) is 0.692. The molecule has 0 unspecified atom stereocenters. The number of aliphatic carboxylic acids is 1. The minimum Gasteiger partial charge on any atom is -0.480 e. The lowest BCUT2D eigenvalue weighted by molar-refractivity contribution is -0.139. The third-order valence-electron chi connectivity index (χ3n) is 1.97. The zero-order chi connectivity index (χ0) is 12.1. The van der Waals surface area contributed by atoms with Crippen LogP contribution in [-0.4, -0.2) is 32.9 Å². The van der Waals surface area contributed by atoms with Crippen molar-refractivity contribution in [3.8, 4) is 0 Å². The molecule has 1 aromatic rings. The molecule has 0 aromatic carbocycles. The lowest BCUT2D eigenvalue weighted by Gasteiger charge is -2.12. The summed E-state index contributed by atoms with van der Waals surface area (Å²) < 4.78 is 1.53. The van der Waals surface area contributed by atoms with Gasteiger partial charge in [0.2, 0.25) is 0 Å². The fourth-order valence-corrected chi connectivity index (χ4v) is 1.15. The highest BCUT2D eigenvalue weighted by Crippen LogP contribution is 2.03. The minimum absolute atomic E-state index is 0.329. The van der Waals surface area contributed by atoms with E-state index in [1.165, 1.54) is 10.9 Å². The normalized spacial score (nSPS) is 11.9. The smallest absolute Gasteiger partial charge is 0.326 e. The molecule has 0 bridgehead atoms. The Labute approximate surface area is 92.4 Å². The van der Waals surface area contributed by atoms with Crippen molar-refractivity contribution in [2.75, 3.05) is 5.32 Å². The Morgan fingerprint density at radius 1 is 1.62 bits per heavy atom. The Morgan fingerprint density at radius 3 is 2.75 bits per heavy atom. The van der Waals surface area contributed by atoms with Crippen molar-refractivity contribution in [1.82, 2.24) is 15.1 Å². The van der Waals surface area contributed by atoms with Crippen LogP contribution in [0, 0.1) is 0 Å². The van der Waals surface area contributed by atoms with Crippen molar-refractivity contribution >= 4 is 17.7 Å². The highest BCUT2D eigenvalue weighted by Gasteiger charge is 2.17. The lowest BCUT2D eigenvalue weighted by atomic mass is 10.2. The number of carbonyl (C=O) groups excluding carboxylic acids is 1. The van der Waals surface area contributed by atoms with Gasteiger partial charge in [0.1, 0.15) is 6.04 Å². The average molecular weight is 226 g/mol. The van der Waals surface area contributed by atoms with Gasteiger partial charge in [0.15, 0.2) is 0 Å². The number of urea groups is 1. The van der Waals surface area contributed by atoms with Gasteiger partial charge < -0.3 is 15.7 Å². The molecule has 0 aliphatic carbocycles. The summed E-state index contributed by atoms with van der Waals surface area (Å²) in [4.78, 5) is 22.0. The fourth-order valence-electron chi connectivity index (χ4n) is 1.15. The number of rotatable bonds is 4. The molecule has 0 spiro atoms. The molecule has 0 fully saturated rings. The topological polar surface area (TPSA) is 96.3 Å². The molecule has 0 saturated heterocycles. The molecule has 1 atom stereocenters. The standard InChI is InChI=1S/C9H14N4O3/c1-3-7(8(14)15)12-9(16)11-6-4-10-13(2)5-6/h4-5,7H,3H2,1-2H3,(H,14,15)(H2,11,12,16)/t7-/m1/s1. The SMILES string of the molecule is CC[C@@H](NC(=O)Nc1cnn(C)c1)C(=O)O. The maximum absolute atomic E-state index is 11.4. The van der Waals surface area contributed by atoms with E-state index < -0.39 is 18.0 Å². The Hall–Kier alpha value is -2.05. The van der Waals surface area contributed by atoms with Crippen molar-refractivity contribution in [3.05, 3.63) is 12.4 Å². The van der Waals surface area contributed by atoms with E-state index in [1.807, 2.05) is 0 Å². The summed E-state index contributed by atoms with van der Waals surface area (Å²) in [5, 5.41) is 17.4. The number of anilines is 1. The molecule has 7 nitrogen and oxygen atoms in total. The van der Waals surface area contributed by atoms with Gasteiger partial charge in [0.25, 0.3) is 0 Å². The van der Waals surface area contributed by atoms with Crippen molar-refractivity contribution in [1.29, 1.82) is 0 Å². The van der Waals surface area contributed by atoms with Gasteiger partial charge >= 0.3 is 12.0 Å². The van der Waals surface area contributed by atoms with Gasteiger partial charge in [-0.1, -0.05) is 6.92 Å². The maximum Gasteiger partial charge on any atom is 0.326 e. The summed E-state index contributed by atoms with van der Waals surface area (Å²) in [5.41, 5.74) is 0.514. The van der Waals surface area contributed by atoms with Crippen LogP contribution in [0.25, 0.3) is 0 Å². The van der Waals surface area contributed by atoms with Crippen LogP contribution in [0.4, 0.5) is 10.5 Å². The van der Waals surface area contributed by atoms with Crippen LogP contribution in [0.5, 0.6) is 0 Å². The molecule has 0 saturated carbocycles. The number of aromatic nitrogens is 2. The van der Waals surface area contributed by atoms with E-state index >= 15 is 0 Å². The van der Waals surface area contributed by atoms with Crippen LogP contribution < -0.4 is 10.6 Å². The number of hydrogen-bond donors (Lipinski definition) is 3. The molecule has 7 heteroatoms. The summed E-state index contributed by atoms with van der Waals surface area (Å²) in [5.74, 6) is -1.05. The average Bonchev–Trinajstić information content (AvgIpc) is 2.60. The first kappa shape index (κ1) is 12.0. The third-order valence-corrected chi connectivity index (χ3v) is 1.97. The number of amides is 2. The van der Waals surface area contributed by atoms with Crippen LogP contribution in [0.2, 0.25) is 0 Å². The summed E-state index contributed by atoms with van der Waals surface area (Å²) >= 11 is 0. The molecule has 1 heterocycles. The highest BCUT2D eigenvalue weighted by atomic mass is 16.4. The van der Waals surface area contributed by atoms with Crippen LogP contribution in [0.3, 0.4) is 0 Å². The molecule has 16 heavy (non-hydrogen) atoms. The summed E-state index contributed by atoms with van der Waals surface area (Å²) in [6.45, 7) is 1.68. The number of nitrogens with one attached hydrogen (secondary N) is 2. The van der Waals surface area contributed by atoms with Gasteiger partial charge in [-0.05, 0) is 6.42 Å². The molecular formula is C9H14N4O3. The molecule has 88 valence electrons. The number of nitrogens with zero attached hydrogens (tertiary/aromatic N) is 2. The van der Waals surface area contributed by atoms with E-state index in [2.05, 4.69) is 15.7 Å². The molecule has 1 rings (SSSR count). The van der Waals surface area contributed by atoms with Crippen molar-refractivity contribution in [2.24, 2.45) is 7.05 Å². The largest absolute Gasteiger partial charge is 0.480 e. The van der Waals surface area contributed by atoms with Gasteiger partial charge in [0, 0.05) is 13.2 Å². The van der Waals surface area contributed by atoms with Gasteiger partial charge in [-0.15, -0.1) is 0 Å². The van der Waals surface area contributed by atoms with Crippen LogP contribution in [-0.2, 0) is 11.8 Å². The zero-order valence-electron chi connectivity index (χ0n) is 9.10. The van der Waals surface area contributed by atoms with E-state index in [9.17, 15) is 9.59 Å². The van der Waals surface area contributed by atoms with Crippen molar-refractivity contribution in [3.63, 3.8) is 0 Å². The summed E-state index contributed by atoms with van der Waals surface area (Å²) in [6.07, 6.45) is 3.42. The van der Waals surface area contributed by atoms with Gasteiger partial charge in [-0.3, -0.25) is 4.68 Å². The first-order chi connectivity index (χ1) is 7.52. The first-order valence-corrected chi connectivity index (χ1v) is 4.82. The van der Waals surface area contributed by atoms with E-state index in [0.29, 0.717) is 12.1 Å². The second kappa shape index (κ2) is 5.15. The van der Waals surface area contributed by atoms with Crippen LogP contribution >= 0.6 is 0 Å². The highest BCUT2D eigenvalue weighted by molar-refractivity contribution is 5.91. The first-order valence-electron chi connectivity index (χ1n) is 4.82. The number of carboxylic acid groups (broad SMARTS) is 1. The lowest BCUT2D eigenvalue weighted by Crippen LogP contribution is -2.42. The van der Waals surface area contributed by atoms with Crippen LogP contribution in [0.1, 0.15) is 13.3 Å². The van der Waals surface area contributed by atoms with Crippen molar-refractivity contribution < 1.29 is 14.7 Å². The zero-order valence-corrected chi connectivity index (χ0v) is 9.10. The summed E-state index contributed by atoms with van der Waals surface area (Å²) in [7, 11) is 1.72. The monoisotopic (exact) mass is 226 g/mol. The minimum atomic E-state index is -1.05. The second-order valence-corrected chi connectivity index (χ2v) is 3.30. The van der Waals surface area contributed by atoms with Crippen LogP contribution in [0.15, 0.2) is 12.4 Å². The second-order valence-electron chi connectivity index (χ2n) is 3.30. The molecule has 0 aliphatic rings. The third kappa shape index (κ3) is 3.26. The molecule has 3 N–H and O–H groups in total. The molecule has 0 radical (unpaired) electrons. The number of aryl methyl sites for hydroxylation is 1. The molecule has 2 amide bonds. The maximum atomic E-state index is 11.4. The molecule has 1 aromatic heterocycles. The van der Waals surface area contributed by atoms with E-state index in [-0.39, 0.29) is 0 Å². The number of carboxylic acids is 1. The number of carbonyl (C=O) groups is 2. The Kier molecular flexibility index (Phi) is 3.87. The van der Waals surface area contributed by atoms with E-state index in [1.54, 1.807) is 20.2 Å². The Balaban J connectivity index is 2.50. The van der Waals surface area contributed by atoms with Gasteiger partial charge in [0.05, 0.1) is 11.9 Å². The van der Waals surface area contributed by atoms with Gasteiger partial charge in [-0.25, -0.2) is 9.59 Å². The summed E-state index contributed by atoms with van der Waals surface area (Å²) in [6, 6.07) is -1.43. The molecule has 0 aliphatic heterocycles. The van der Waals surface area contributed by atoms with E-state index in [0.717, 1.165) is 0 Å². The predicted octanol–water partition coefficient (Wildman–Crippen LogP) is 0.405. The van der Waals surface area contributed by atoms with Gasteiger partial charge in [-0.2, -0.15) is 5.10 Å². The fraction of sp³-hybridized carbons (Fsp3) is 0.444.